The number of phenols is 2. The summed E-state index contributed by atoms with van der Waals surface area (Å²) in [5.41, 5.74) is 2.66. The van der Waals surface area contributed by atoms with Gasteiger partial charge < -0.3 is 10.2 Å². The summed E-state index contributed by atoms with van der Waals surface area (Å²) in [5, 5.41) is 18.7. The first-order valence-corrected chi connectivity index (χ1v) is 9.26. The Morgan fingerprint density at radius 3 is 1.88 bits per heavy atom. The van der Waals surface area contributed by atoms with Crippen molar-refractivity contribution in [2.45, 2.75) is 64.2 Å². The Bertz CT molecular complexity index is 572. The molecule has 2 N–H and O–H groups in total. The minimum atomic E-state index is 0.345. The first kappa shape index (κ1) is 18.4. The van der Waals surface area contributed by atoms with Crippen LogP contribution in [0.4, 0.5) is 0 Å². The van der Waals surface area contributed by atoms with Crippen LogP contribution in [0.2, 0.25) is 0 Å². The first-order valence-electron chi connectivity index (χ1n) is 9.26. The Morgan fingerprint density at radius 1 is 0.708 bits per heavy atom. The summed E-state index contributed by atoms with van der Waals surface area (Å²) in [4.78, 5) is 0. The van der Waals surface area contributed by atoms with Gasteiger partial charge in [0.05, 0.1) is 0 Å². The minimum Gasteiger partial charge on any atom is -0.508 e. The van der Waals surface area contributed by atoms with E-state index in [1.165, 1.54) is 49.7 Å². The van der Waals surface area contributed by atoms with Crippen LogP contribution in [0.1, 0.15) is 68.9 Å². The van der Waals surface area contributed by atoms with Crippen molar-refractivity contribution >= 4 is 0 Å². The maximum absolute atomic E-state index is 9.39. The summed E-state index contributed by atoms with van der Waals surface area (Å²) in [6.07, 6.45) is 9.86. The lowest BCUT2D eigenvalue weighted by molar-refractivity contribution is 0.473. The topological polar surface area (TPSA) is 40.5 Å². The molecular weight excluding hydrogens is 296 g/mol. The van der Waals surface area contributed by atoms with Crippen LogP contribution in [0.25, 0.3) is 0 Å². The largest absolute Gasteiger partial charge is 0.508 e. The fourth-order valence-corrected chi connectivity index (χ4v) is 3.27. The van der Waals surface area contributed by atoms with Crippen molar-refractivity contribution < 1.29 is 10.2 Å². The Labute approximate surface area is 146 Å². The lowest BCUT2D eigenvalue weighted by Gasteiger charge is -2.15. The Kier molecular flexibility index (Phi) is 7.67. The van der Waals surface area contributed by atoms with Crippen LogP contribution in [0.5, 0.6) is 11.5 Å². The van der Waals surface area contributed by atoms with Crippen molar-refractivity contribution in [3.8, 4) is 11.5 Å². The van der Waals surface area contributed by atoms with Crippen molar-refractivity contribution in [3.63, 3.8) is 0 Å². The zero-order chi connectivity index (χ0) is 17.2. The maximum atomic E-state index is 9.39. The Hall–Kier alpha value is -1.96. The molecule has 1 unspecified atom stereocenters. The van der Waals surface area contributed by atoms with Crippen molar-refractivity contribution in [2.75, 3.05) is 0 Å². The molecule has 2 aromatic rings. The second kappa shape index (κ2) is 10.0. The summed E-state index contributed by atoms with van der Waals surface area (Å²) in [6.45, 7) is 2.25. The van der Waals surface area contributed by atoms with Crippen molar-refractivity contribution in [2.24, 2.45) is 0 Å². The lowest BCUT2D eigenvalue weighted by atomic mass is 9.90. The molecule has 2 heteroatoms. The summed E-state index contributed by atoms with van der Waals surface area (Å²) >= 11 is 0. The van der Waals surface area contributed by atoms with Crippen LogP contribution >= 0.6 is 0 Å². The summed E-state index contributed by atoms with van der Waals surface area (Å²) in [7, 11) is 0. The molecule has 0 bridgehead atoms. The molecule has 2 nitrogen and oxygen atoms in total. The molecule has 1 atom stereocenters. The van der Waals surface area contributed by atoms with Gasteiger partial charge in [-0.15, -0.1) is 0 Å². The van der Waals surface area contributed by atoms with Gasteiger partial charge in [0, 0.05) is 0 Å². The van der Waals surface area contributed by atoms with Gasteiger partial charge in [-0.05, 0) is 67.0 Å². The zero-order valence-electron chi connectivity index (χ0n) is 14.7. The predicted octanol–water partition coefficient (Wildman–Crippen LogP) is 6.17. The number of aromatic hydroxyl groups is 2. The average molecular weight is 326 g/mol. The highest BCUT2D eigenvalue weighted by Gasteiger charge is 2.08. The van der Waals surface area contributed by atoms with Crippen LogP contribution in [0.15, 0.2) is 48.5 Å². The van der Waals surface area contributed by atoms with Gasteiger partial charge in [0.2, 0.25) is 0 Å². The quantitative estimate of drug-likeness (QED) is 0.512. The number of hydrogen-bond acceptors (Lipinski definition) is 2. The van der Waals surface area contributed by atoms with Gasteiger partial charge in [-0.1, -0.05) is 56.9 Å². The highest BCUT2D eigenvalue weighted by molar-refractivity contribution is 5.28. The van der Waals surface area contributed by atoms with E-state index >= 15 is 0 Å². The van der Waals surface area contributed by atoms with Crippen LogP contribution in [0.3, 0.4) is 0 Å². The molecule has 0 aromatic heterocycles. The average Bonchev–Trinajstić information content (AvgIpc) is 2.60. The number of benzene rings is 2. The standard InChI is InChI=1S/C22H30O2/c1-2-19(20-12-16-22(24)17-13-20)9-7-5-3-4-6-8-18-10-14-21(23)15-11-18/h10-17,19,23-24H,2-9H2,1H3. The molecule has 2 aromatic carbocycles. The molecule has 0 saturated heterocycles. The molecule has 0 spiro atoms. The van der Waals surface area contributed by atoms with Crippen molar-refractivity contribution in [1.82, 2.24) is 0 Å². The smallest absolute Gasteiger partial charge is 0.115 e. The number of rotatable bonds is 10. The van der Waals surface area contributed by atoms with E-state index < -0.39 is 0 Å². The second-order valence-electron chi connectivity index (χ2n) is 6.67. The lowest BCUT2D eigenvalue weighted by Crippen LogP contribution is -1.97. The predicted molar refractivity (Wildman–Crippen MR) is 101 cm³/mol. The first-order chi connectivity index (χ1) is 11.7. The van der Waals surface area contributed by atoms with E-state index in [1.807, 2.05) is 12.1 Å². The van der Waals surface area contributed by atoms with E-state index in [0.717, 1.165) is 12.8 Å². The number of unbranched alkanes of at least 4 members (excludes halogenated alkanes) is 4. The van der Waals surface area contributed by atoms with Crippen LogP contribution in [-0.4, -0.2) is 10.2 Å². The maximum Gasteiger partial charge on any atom is 0.115 e. The van der Waals surface area contributed by atoms with E-state index in [0.29, 0.717) is 17.4 Å². The van der Waals surface area contributed by atoms with Gasteiger partial charge >= 0.3 is 0 Å². The fraction of sp³-hybridized carbons (Fsp3) is 0.455. The van der Waals surface area contributed by atoms with Gasteiger partial charge in [0.25, 0.3) is 0 Å². The summed E-state index contributed by atoms with van der Waals surface area (Å²) < 4.78 is 0. The molecule has 24 heavy (non-hydrogen) atoms. The van der Waals surface area contributed by atoms with Crippen LogP contribution in [-0.2, 0) is 6.42 Å². The summed E-state index contributed by atoms with van der Waals surface area (Å²) in [6, 6.07) is 15.3. The van der Waals surface area contributed by atoms with Crippen molar-refractivity contribution in [1.29, 1.82) is 0 Å². The van der Waals surface area contributed by atoms with Gasteiger partial charge in [0.15, 0.2) is 0 Å². The van der Waals surface area contributed by atoms with Crippen LogP contribution in [0, 0.1) is 0 Å². The fourth-order valence-electron chi connectivity index (χ4n) is 3.27. The third-order valence-corrected chi connectivity index (χ3v) is 4.81. The minimum absolute atomic E-state index is 0.345. The molecule has 0 heterocycles. The van der Waals surface area contributed by atoms with Gasteiger partial charge in [0.1, 0.15) is 11.5 Å². The van der Waals surface area contributed by atoms with E-state index in [9.17, 15) is 10.2 Å². The third kappa shape index (κ3) is 6.27. The molecule has 0 aliphatic carbocycles. The SMILES string of the molecule is CCC(CCCCCCCc1ccc(O)cc1)c1ccc(O)cc1. The highest BCUT2D eigenvalue weighted by Crippen LogP contribution is 2.27. The van der Waals surface area contributed by atoms with Crippen molar-refractivity contribution in [3.05, 3.63) is 59.7 Å². The van der Waals surface area contributed by atoms with E-state index in [1.54, 1.807) is 24.3 Å². The molecule has 0 fully saturated rings. The van der Waals surface area contributed by atoms with Gasteiger partial charge in [-0.3, -0.25) is 0 Å². The molecule has 0 radical (unpaired) electrons. The highest BCUT2D eigenvalue weighted by atomic mass is 16.3. The Morgan fingerprint density at radius 2 is 1.25 bits per heavy atom. The van der Waals surface area contributed by atoms with Gasteiger partial charge in [-0.2, -0.15) is 0 Å². The second-order valence-corrected chi connectivity index (χ2v) is 6.67. The number of hydrogen-bond donors (Lipinski definition) is 2. The molecule has 2 rings (SSSR count). The molecule has 0 aliphatic heterocycles. The normalized spacial score (nSPS) is 12.2. The van der Waals surface area contributed by atoms with E-state index in [-0.39, 0.29) is 0 Å². The van der Waals surface area contributed by atoms with E-state index in [2.05, 4.69) is 19.1 Å². The molecule has 0 amide bonds. The zero-order valence-corrected chi connectivity index (χ0v) is 14.7. The molecule has 130 valence electrons. The van der Waals surface area contributed by atoms with Gasteiger partial charge in [-0.25, -0.2) is 0 Å². The number of aryl methyl sites for hydroxylation is 1. The van der Waals surface area contributed by atoms with Crippen LogP contribution < -0.4 is 0 Å². The third-order valence-electron chi connectivity index (χ3n) is 4.81. The number of phenolic OH excluding ortho intramolecular Hbond substituents is 2. The summed E-state index contributed by atoms with van der Waals surface area (Å²) in [5.74, 6) is 1.31. The Balaban J connectivity index is 1.58. The molecule has 0 saturated carbocycles. The monoisotopic (exact) mass is 326 g/mol. The van der Waals surface area contributed by atoms with E-state index in [4.69, 9.17) is 0 Å². The molecule has 0 aliphatic rings. The molecular formula is C22H30O2.